The molecular formula is C65H86N2O16S3. The molecule has 2 amide bonds. The van der Waals surface area contributed by atoms with Gasteiger partial charge >= 0.3 is 35.8 Å². The van der Waals surface area contributed by atoms with E-state index in [1.165, 1.54) is 15.9 Å². The van der Waals surface area contributed by atoms with Crippen molar-refractivity contribution in [2.75, 3.05) is 39.5 Å². The zero-order valence-electron chi connectivity index (χ0n) is 50.3. The number of likely N-dealkylation sites (N-methyl/N-ethyl adjacent to an activating group) is 2. The van der Waals surface area contributed by atoms with Gasteiger partial charge in [-0.3, -0.25) is 43.4 Å². The molecule has 1 saturated heterocycles. The zero-order valence-corrected chi connectivity index (χ0v) is 52.7. The second-order valence-corrected chi connectivity index (χ2v) is 25.9. The Hall–Kier alpha value is -5.35. The molecule has 2 aromatic carbocycles. The van der Waals surface area contributed by atoms with Crippen LogP contribution in [-0.4, -0.2) is 126 Å². The maximum Gasteiger partial charge on any atom is 0.330 e. The molecule has 86 heavy (non-hydrogen) atoms. The van der Waals surface area contributed by atoms with Crippen molar-refractivity contribution in [3.63, 3.8) is 0 Å². The molecule has 5 fully saturated rings. The van der Waals surface area contributed by atoms with Crippen LogP contribution in [0.25, 0.3) is 10.8 Å². The average molecular weight is 1250 g/mol. The van der Waals surface area contributed by atoms with Gasteiger partial charge in [0.25, 0.3) is 11.8 Å². The first-order valence-corrected chi connectivity index (χ1v) is 33.6. The second-order valence-electron chi connectivity index (χ2n) is 23.2. The third-order valence-electron chi connectivity index (χ3n) is 17.4. The standard InChI is InChI=1S/C65H86N2O16S3/c1-5-51(68)78-39-17-11-9-15-37-76-45-29-33-47(34-30-45)80-60(72)41-21-25-43(26-22-41)62(74)82-54-49-19-13-14-20-50(49)55(57-56(54)85-64(86-57)53-58(70)66(7-3)65(84)67(8-4)59(53)71)83-63(75)44-27-23-42(24-28-44)61(73)81-48-35-31-46(32-36-48)77-38-16-10-12-18-40-79-52(69)6-2/h5,13-14,19-20,41-48H,1,6-12,15-18,21-40H2,2-4H3. The van der Waals surface area contributed by atoms with Gasteiger partial charge in [0.15, 0.2) is 16.6 Å². The molecule has 0 N–H and O–H groups in total. The van der Waals surface area contributed by atoms with Gasteiger partial charge in [-0.1, -0.05) is 74.1 Å². The molecule has 18 nitrogen and oxygen atoms in total. The number of benzene rings is 2. The number of fused-ring (bicyclic) bond motifs is 2. The van der Waals surface area contributed by atoms with E-state index in [4.69, 9.17) is 50.1 Å². The highest BCUT2D eigenvalue weighted by Gasteiger charge is 2.45. The minimum absolute atomic E-state index is 0.0805. The van der Waals surface area contributed by atoms with Crippen LogP contribution in [0.2, 0.25) is 0 Å². The van der Waals surface area contributed by atoms with Crippen molar-refractivity contribution in [2.45, 2.75) is 215 Å². The fourth-order valence-electron chi connectivity index (χ4n) is 12.2. The van der Waals surface area contributed by atoms with Gasteiger partial charge in [0.2, 0.25) is 0 Å². The highest BCUT2D eigenvalue weighted by atomic mass is 32.2. The van der Waals surface area contributed by atoms with Gasteiger partial charge in [-0.25, -0.2) is 4.79 Å². The highest BCUT2D eigenvalue weighted by molar-refractivity contribution is 8.25. The van der Waals surface area contributed by atoms with Gasteiger partial charge in [0.05, 0.1) is 63.1 Å². The Balaban J connectivity index is 0.859. The highest BCUT2D eigenvalue weighted by Crippen LogP contribution is 2.62. The summed E-state index contributed by atoms with van der Waals surface area (Å²) in [5, 5.41) is 1.12. The van der Waals surface area contributed by atoms with Crippen molar-refractivity contribution in [1.29, 1.82) is 0 Å². The molecule has 6 aliphatic rings. The number of carbonyl (C=O) groups is 8. The van der Waals surface area contributed by atoms with Crippen LogP contribution in [0.3, 0.4) is 0 Å². The van der Waals surface area contributed by atoms with E-state index in [0.29, 0.717) is 109 Å². The van der Waals surface area contributed by atoms with Gasteiger partial charge in [-0.05, 0) is 167 Å². The van der Waals surface area contributed by atoms with Gasteiger partial charge in [0, 0.05) is 49.6 Å². The Morgan fingerprint density at radius 3 is 1.28 bits per heavy atom. The van der Waals surface area contributed by atoms with Gasteiger partial charge < -0.3 is 37.9 Å². The number of nitrogens with zero attached hydrogens (tertiary/aromatic N) is 2. The van der Waals surface area contributed by atoms with Crippen LogP contribution in [0, 0.1) is 23.7 Å². The maximum atomic E-state index is 14.4. The fraction of sp³-hybridized carbons (Fsp3) is 0.646. The number of unbranched alkanes of at least 4 members (excludes halogenated alkanes) is 6. The van der Waals surface area contributed by atoms with E-state index in [1.54, 1.807) is 45.0 Å². The molecule has 4 saturated carbocycles. The Bertz CT molecular complexity index is 2760. The third kappa shape index (κ3) is 17.7. The summed E-state index contributed by atoms with van der Waals surface area (Å²) in [6.45, 7) is 11.4. The van der Waals surface area contributed by atoms with E-state index in [9.17, 15) is 38.4 Å². The molecule has 0 unspecified atom stereocenters. The van der Waals surface area contributed by atoms with E-state index >= 15 is 0 Å². The topological polar surface area (TPSA) is 217 Å². The molecule has 0 atom stereocenters. The molecule has 0 bridgehead atoms. The Morgan fingerprint density at radius 1 is 0.523 bits per heavy atom. The lowest BCUT2D eigenvalue weighted by atomic mass is 9.82. The first-order chi connectivity index (χ1) is 41.7. The molecule has 0 spiro atoms. The monoisotopic (exact) mass is 1250 g/mol. The molecule has 2 heterocycles. The number of hydrogen-bond donors (Lipinski definition) is 0. The van der Waals surface area contributed by atoms with E-state index in [0.717, 1.165) is 126 Å². The van der Waals surface area contributed by atoms with Crippen LogP contribution in [0.1, 0.15) is 181 Å². The smallest absolute Gasteiger partial charge is 0.330 e. The van der Waals surface area contributed by atoms with E-state index in [2.05, 4.69) is 6.58 Å². The van der Waals surface area contributed by atoms with Crippen molar-refractivity contribution in [3.05, 3.63) is 46.7 Å². The molecule has 4 aliphatic carbocycles. The van der Waals surface area contributed by atoms with E-state index in [1.807, 2.05) is 0 Å². The minimum atomic E-state index is -0.546. The van der Waals surface area contributed by atoms with Gasteiger partial charge in [-0.2, -0.15) is 0 Å². The summed E-state index contributed by atoms with van der Waals surface area (Å²) in [5.41, 5.74) is -0.0805. The third-order valence-corrected chi connectivity index (χ3v) is 20.4. The average Bonchev–Trinajstić information content (AvgIpc) is 1.58. The lowest BCUT2D eigenvalue weighted by molar-refractivity contribution is -0.160. The second kappa shape index (κ2) is 33.3. The summed E-state index contributed by atoms with van der Waals surface area (Å²) in [5.74, 6) is -4.36. The first-order valence-electron chi connectivity index (χ1n) is 31.6. The summed E-state index contributed by atoms with van der Waals surface area (Å²) in [6, 6.07) is 7.18. The molecule has 0 radical (unpaired) electrons. The quantitative estimate of drug-likeness (QED) is 0.0147. The number of thiocarbonyl (C=S) groups is 1. The molecule has 470 valence electrons. The molecule has 2 aliphatic heterocycles. The predicted octanol–water partition coefficient (Wildman–Crippen LogP) is 12.2. The minimum Gasteiger partial charge on any atom is -0.466 e. The van der Waals surface area contributed by atoms with Crippen molar-refractivity contribution in [3.8, 4) is 11.5 Å². The Morgan fingerprint density at radius 2 is 0.895 bits per heavy atom. The number of carbonyl (C=O) groups excluding carboxylic acids is 8. The number of esters is 6. The summed E-state index contributed by atoms with van der Waals surface area (Å²) in [6.07, 6.45) is 18.6. The largest absolute Gasteiger partial charge is 0.466 e. The zero-order chi connectivity index (χ0) is 61.1. The van der Waals surface area contributed by atoms with Crippen molar-refractivity contribution < 1.29 is 76.3 Å². The summed E-state index contributed by atoms with van der Waals surface area (Å²) in [4.78, 5) is 110. The summed E-state index contributed by atoms with van der Waals surface area (Å²) < 4.78 is 47.8. The number of ether oxygens (including phenoxy) is 8. The Kier molecular flexibility index (Phi) is 25.8. The number of amides is 2. The number of rotatable bonds is 28. The lowest BCUT2D eigenvalue weighted by Gasteiger charge is -2.35. The van der Waals surface area contributed by atoms with Crippen LogP contribution in [0.15, 0.2) is 56.5 Å². The van der Waals surface area contributed by atoms with Crippen molar-refractivity contribution in [2.24, 2.45) is 23.7 Å². The Labute approximate surface area is 519 Å². The van der Waals surface area contributed by atoms with Crippen LogP contribution in [0.4, 0.5) is 0 Å². The number of hydrogen-bond acceptors (Lipinski definition) is 19. The normalized spacial score (nSPS) is 24.2. The molecule has 21 heteroatoms. The molecule has 0 aromatic heterocycles. The summed E-state index contributed by atoms with van der Waals surface area (Å²) >= 11 is 7.83. The van der Waals surface area contributed by atoms with Crippen LogP contribution >= 0.6 is 35.7 Å². The fourth-order valence-corrected chi connectivity index (χ4v) is 15.4. The van der Waals surface area contributed by atoms with E-state index < -0.39 is 41.6 Å². The van der Waals surface area contributed by atoms with Gasteiger partial charge in [0.1, 0.15) is 17.8 Å². The molecule has 2 aromatic rings. The number of thioether (sulfide) groups is 2. The maximum absolute atomic E-state index is 14.4. The predicted molar refractivity (Wildman–Crippen MR) is 328 cm³/mol. The van der Waals surface area contributed by atoms with Crippen LogP contribution in [-0.2, 0) is 66.8 Å². The van der Waals surface area contributed by atoms with Gasteiger partial charge in [-0.15, -0.1) is 0 Å². The van der Waals surface area contributed by atoms with E-state index in [-0.39, 0.29) is 89.4 Å². The van der Waals surface area contributed by atoms with Crippen molar-refractivity contribution >= 4 is 99.3 Å². The molecule has 8 rings (SSSR count). The van der Waals surface area contributed by atoms with Crippen molar-refractivity contribution in [1.82, 2.24) is 9.80 Å². The lowest BCUT2D eigenvalue weighted by Crippen LogP contribution is -2.56. The first kappa shape index (κ1) is 66.6. The van der Waals surface area contributed by atoms with Crippen LogP contribution in [0.5, 0.6) is 11.5 Å². The SMILES string of the molecule is C=CC(=O)OCCCCCCOC1CCC(OC(=O)C2CCC(C(=O)Oc3c4c(c(OC(=O)C5CCC(C(=O)OC6CCC(OCCCCCCOC(=O)CC)CC6)CC5)c5ccccc35)SC(=C3C(=O)N(CC)C(=S)N(CC)C3=O)S4)CC2)CC1. The molecular weight excluding hydrogens is 1160 g/mol. The summed E-state index contributed by atoms with van der Waals surface area (Å²) in [7, 11) is 0. The van der Waals surface area contributed by atoms with Crippen LogP contribution < -0.4 is 9.47 Å².